The zero-order chi connectivity index (χ0) is 22.9. The van der Waals surface area contributed by atoms with Crippen LogP contribution in [0.3, 0.4) is 0 Å². The Bertz CT molecular complexity index is 1560. The Morgan fingerprint density at radius 2 is 1.61 bits per heavy atom. The Hall–Kier alpha value is -3.45. The van der Waals surface area contributed by atoms with E-state index < -0.39 is 0 Å². The van der Waals surface area contributed by atoms with E-state index in [1.54, 1.807) is 4.57 Å². The maximum Gasteiger partial charge on any atom is 0.266 e. The van der Waals surface area contributed by atoms with Crippen LogP contribution in [0.25, 0.3) is 39.5 Å². The first kappa shape index (κ1) is 21.4. The summed E-state index contributed by atoms with van der Waals surface area (Å²) >= 11 is 2.23. The number of benzene rings is 4. The summed E-state index contributed by atoms with van der Waals surface area (Å²) in [5.41, 5.74) is 3.63. The monoisotopic (exact) mass is 543 g/mol. The normalized spacial score (nSPS) is 11.5. The van der Waals surface area contributed by atoms with Crippen LogP contribution in [0, 0.1) is 3.57 Å². The van der Waals surface area contributed by atoms with Crippen molar-refractivity contribution in [3.63, 3.8) is 0 Å². The molecular weight excluding hydrogens is 521 g/mol. The number of rotatable bonds is 4. The van der Waals surface area contributed by atoms with E-state index in [1.807, 2.05) is 74.8 Å². The molecule has 0 radical (unpaired) electrons. The van der Waals surface area contributed by atoms with Crippen molar-refractivity contribution in [3.05, 3.63) is 110 Å². The van der Waals surface area contributed by atoms with Crippen molar-refractivity contribution in [1.82, 2.24) is 9.55 Å². The first-order valence-corrected chi connectivity index (χ1v) is 11.7. The van der Waals surface area contributed by atoms with Crippen LogP contribution in [0.15, 0.2) is 89.7 Å². The molecule has 0 N–H and O–H groups in total. The molecule has 5 heteroatoms. The molecule has 0 aliphatic rings. The maximum absolute atomic E-state index is 13.8. The second kappa shape index (κ2) is 8.83. The molecule has 0 fully saturated rings. The number of fused-ring (bicyclic) bond motifs is 2. The third-order valence-corrected chi connectivity index (χ3v) is 6.37. The minimum absolute atomic E-state index is 0.0718. The molecule has 1 aromatic heterocycles. The second-order valence-corrected chi connectivity index (χ2v) is 9.34. The van der Waals surface area contributed by atoms with Crippen molar-refractivity contribution in [2.75, 3.05) is 19.0 Å². The molecule has 5 rings (SSSR count). The average molecular weight is 543 g/mol. The molecule has 0 bridgehead atoms. The van der Waals surface area contributed by atoms with Gasteiger partial charge in [-0.15, -0.1) is 0 Å². The van der Waals surface area contributed by atoms with Crippen molar-refractivity contribution in [3.8, 4) is 5.69 Å². The lowest BCUT2D eigenvalue weighted by molar-refractivity contribution is 0.951. The second-order valence-electron chi connectivity index (χ2n) is 8.09. The summed E-state index contributed by atoms with van der Waals surface area (Å²) in [5, 5.41) is 2.71. The highest BCUT2D eigenvalue weighted by molar-refractivity contribution is 14.1. The first-order valence-electron chi connectivity index (χ1n) is 10.7. The Morgan fingerprint density at radius 1 is 0.848 bits per heavy atom. The number of aromatic nitrogens is 2. The molecule has 5 aromatic rings. The molecule has 0 unspecified atom stereocenters. The van der Waals surface area contributed by atoms with E-state index >= 15 is 0 Å². The fraction of sp³-hybridized carbons (Fsp3) is 0.0714. The zero-order valence-electron chi connectivity index (χ0n) is 18.4. The van der Waals surface area contributed by atoms with Crippen LogP contribution in [0.4, 0.5) is 5.69 Å². The summed E-state index contributed by atoms with van der Waals surface area (Å²) < 4.78 is 2.73. The molecule has 0 saturated carbocycles. The molecule has 0 saturated heterocycles. The van der Waals surface area contributed by atoms with E-state index in [1.165, 1.54) is 0 Å². The van der Waals surface area contributed by atoms with E-state index in [4.69, 9.17) is 4.98 Å². The molecule has 4 aromatic carbocycles. The van der Waals surface area contributed by atoms with Gasteiger partial charge in [-0.25, -0.2) is 4.98 Å². The molecule has 4 nitrogen and oxygen atoms in total. The fourth-order valence-corrected chi connectivity index (χ4v) is 4.47. The Kier molecular flexibility index (Phi) is 5.72. The summed E-state index contributed by atoms with van der Waals surface area (Å²) in [7, 11) is 4.04. The summed E-state index contributed by atoms with van der Waals surface area (Å²) in [6.45, 7) is 0. The van der Waals surface area contributed by atoms with E-state index in [2.05, 4.69) is 63.9 Å². The zero-order valence-corrected chi connectivity index (χ0v) is 20.5. The van der Waals surface area contributed by atoms with Gasteiger partial charge in [-0.3, -0.25) is 9.36 Å². The van der Waals surface area contributed by atoms with E-state index in [0.29, 0.717) is 16.7 Å². The molecule has 33 heavy (non-hydrogen) atoms. The number of halogens is 1. The lowest BCUT2D eigenvalue weighted by Gasteiger charge is -2.14. The van der Waals surface area contributed by atoms with E-state index in [0.717, 1.165) is 31.3 Å². The standard InChI is InChI=1S/C28H22IN3O/c1-31(2)22-14-10-19(11-15-22)12-17-27-30-25-16-13-21(29)18-24(25)28(33)32(27)26-9-5-7-20-6-3-4-8-23(20)26/h3-18H,1-2H3/b17-12+. The highest BCUT2D eigenvalue weighted by atomic mass is 127. The molecule has 0 spiro atoms. The smallest absolute Gasteiger partial charge is 0.266 e. The van der Waals surface area contributed by atoms with Crippen molar-refractivity contribution < 1.29 is 0 Å². The fourth-order valence-electron chi connectivity index (χ4n) is 3.98. The Balaban J connectivity index is 1.74. The first-order chi connectivity index (χ1) is 16.0. The van der Waals surface area contributed by atoms with Crippen molar-refractivity contribution in [2.24, 2.45) is 0 Å². The molecular formula is C28H22IN3O. The van der Waals surface area contributed by atoms with Crippen molar-refractivity contribution in [1.29, 1.82) is 0 Å². The lowest BCUT2D eigenvalue weighted by Crippen LogP contribution is -2.22. The quantitative estimate of drug-likeness (QED) is 0.247. The highest BCUT2D eigenvalue weighted by Gasteiger charge is 2.14. The van der Waals surface area contributed by atoms with Gasteiger partial charge < -0.3 is 4.90 Å². The molecule has 0 aliphatic heterocycles. The van der Waals surface area contributed by atoms with Crippen LogP contribution in [-0.2, 0) is 0 Å². The highest BCUT2D eigenvalue weighted by Crippen LogP contribution is 2.24. The van der Waals surface area contributed by atoms with Gasteiger partial charge in [-0.1, -0.05) is 54.6 Å². The molecule has 1 heterocycles. The van der Waals surface area contributed by atoms with Crippen LogP contribution in [0.2, 0.25) is 0 Å². The van der Waals surface area contributed by atoms with E-state index in [9.17, 15) is 4.79 Å². The van der Waals surface area contributed by atoms with Gasteiger partial charge in [0.05, 0.1) is 16.6 Å². The van der Waals surface area contributed by atoms with Crippen molar-refractivity contribution in [2.45, 2.75) is 0 Å². The van der Waals surface area contributed by atoms with Crippen molar-refractivity contribution >= 4 is 62.1 Å². The SMILES string of the molecule is CN(C)c1ccc(/C=C/c2nc3ccc(I)cc3c(=O)n2-c2cccc3ccccc23)cc1. The molecule has 0 aliphatic carbocycles. The van der Waals surface area contributed by atoms with Gasteiger partial charge in [0.15, 0.2) is 0 Å². The molecule has 162 valence electrons. The predicted molar refractivity (Wildman–Crippen MR) is 147 cm³/mol. The van der Waals surface area contributed by atoms with E-state index in [-0.39, 0.29) is 5.56 Å². The van der Waals surface area contributed by atoms with Crippen LogP contribution in [0.1, 0.15) is 11.4 Å². The summed E-state index contributed by atoms with van der Waals surface area (Å²) in [5.74, 6) is 0.599. The summed E-state index contributed by atoms with van der Waals surface area (Å²) in [6, 6.07) is 28.2. The largest absolute Gasteiger partial charge is 0.378 e. The van der Waals surface area contributed by atoms with Gasteiger partial charge >= 0.3 is 0 Å². The van der Waals surface area contributed by atoms with Crippen LogP contribution < -0.4 is 10.5 Å². The molecule has 0 atom stereocenters. The van der Waals surface area contributed by atoms with Crippen LogP contribution >= 0.6 is 22.6 Å². The van der Waals surface area contributed by atoms with Crippen LogP contribution in [-0.4, -0.2) is 23.6 Å². The number of nitrogens with zero attached hydrogens (tertiary/aromatic N) is 3. The number of anilines is 1. The maximum atomic E-state index is 13.8. The Morgan fingerprint density at radius 3 is 2.39 bits per heavy atom. The van der Waals surface area contributed by atoms with Crippen LogP contribution in [0.5, 0.6) is 0 Å². The average Bonchev–Trinajstić information content (AvgIpc) is 2.83. The van der Waals surface area contributed by atoms with Gasteiger partial charge in [0.1, 0.15) is 5.82 Å². The third-order valence-electron chi connectivity index (χ3n) is 5.70. The van der Waals surface area contributed by atoms with Gasteiger partial charge in [0.2, 0.25) is 0 Å². The summed E-state index contributed by atoms with van der Waals surface area (Å²) in [4.78, 5) is 20.7. The lowest BCUT2D eigenvalue weighted by atomic mass is 10.1. The predicted octanol–water partition coefficient (Wildman–Crippen LogP) is 6.38. The third kappa shape index (κ3) is 4.16. The van der Waals surface area contributed by atoms with Gasteiger partial charge in [0, 0.05) is 28.7 Å². The van der Waals surface area contributed by atoms with Gasteiger partial charge in [-0.05, 0) is 76.0 Å². The Labute approximate surface area is 206 Å². The minimum atomic E-state index is -0.0718. The molecule has 0 amide bonds. The van der Waals surface area contributed by atoms with Gasteiger partial charge in [-0.2, -0.15) is 0 Å². The number of hydrogen-bond acceptors (Lipinski definition) is 3. The minimum Gasteiger partial charge on any atom is -0.378 e. The topological polar surface area (TPSA) is 38.1 Å². The van der Waals surface area contributed by atoms with Gasteiger partial charge in [0.25, 0.3) is 5.56 Å². The summed E-state index contributed by atoms with van der Waals surface area (Å²) in [6.07, 6.45) is 3.92. The number of hydrogen-bond donors (Lipinski definition) is 0.